The Morgan fingerprint density at radius 2 is 2.39 bits per heavy atom. The first-order valence-corrected chi connectivity index (χ1v) is 6.94. The summed E-state index contributed by atoms with van der Waals surface area (Å²) in [6.45, 7) is 4.26. The lowest BCUT2D eigenvalue weighted by Crippen LogP contribution is -2.31. The van der Waals surface area contributed by atoms with Crippen LogP contribution in [0.3, 0.4) is 0 Å². The molecule has 1 heterocycles. The van der Waals surface area contributed by atoms with E-state index in [1.54, 1.807) is 0 Å². The van der Waals surface area contributed by atoms with Crippen LogP contribution in [0.25, 0.3) is 0 Å². The van der Waals surface area contributed by atoms with Gasteiger partial charge in [0.2, 0.25) is 0 Å². The normalized spacial score (nSPS) is 25.3. The number of hydrogen-bond donors (Lipinski definition) is 1. The second-order valence-electron chi connectivity index (χ2n) is 5.39. The molecule has 1 fully saturated rings. The van der Waals surface area contributed by atoms with Gasteiger partial charge in [-0.2, -0.15) is 5.10 Å². The Morgan fingerprint density at radius 3 is 3.00 bits per heavy atom. The summed E-state index contributed by atoms with van der Waals surface area (Å²) in [6, 6.07) is 2.40. The van der Waals surface area contributed by atoms with Gasteiger partial charge in [-0.3, -0.25) is 9.48 Å². The Balaban J connectivity index is 1.97. The zero-order valence-corrected chi connectivity index (χ0v) is 11.3. The summed E-state index contributed by atoms with van der Waals surface area (Å²) >= 11 is 0. The molecule has 18 heavy (non-hydrogen) atoms. The van der Waals surface area contributed by atoms with E-state index in [1.165, 1.54) is 0 Å². The van der Waals surface area contributed by atoms with Crippen LogP contribution in [-0.4, -0.2) is 21.6 Å². The molecular weight excluding hydrogens is 226 g/mol. The third-order valence-electron chi connectivity index (χ3n) is 4.04. The smallest absolute Gasteiger partial charge is 0.143 e. The molecule has 0 spiro atoms. The van der Waals surface area contributed by atoms with Crippen molar-refractivity contribution in [3.05, 3.63) is 18.0 Å². The van der Waals surface area contributed by atoms with Crippen molar-refractivity contribution >= 4 is 5.78 Å². The van der Waals surface area contributed by atoms with Crippen LogP contribution in [0.5, 0.6) is 0 Å². The molecular formula is C14H23N3O. The fraction of sp³-hybridized carbons (Fsp3) is 0.714. The SMILES string of the molecule is CCC(C)n1ccc(CC(=O)C2CCCC2N)n1. The van der Waals surface area contributed by atoms with Gasteiger partial charge in [-0.15, -0.1) is 0 Å². The molecule has 0 saturated heterocycles. The highest BCUT2D eigenvalue weighted by Crippen LogP contribution is 2.25. The number of rotatable bonds is 5. The molecule has 1 aromatic rings. The zero-order valence-electron chi connectivity index (χ0n) is 11.3. The average molecular weight is 249 g/mol. The van der Waals surface area contributed by atoms with Crippen molar-refractivity contribution in [2.45, 2.75) is 58.0 Å². The molecule has 1 saturated carbocycles. The van der Waals surface area contributed by atoms with Gasteiger partial charge in [0.1, 0.15) is 5.78 Å². The van der Waals surface area contributed by atoms with Gasteiger partial charge in [0.25, 0.3) is 0 Å². The molecule has 0 amide bonds. The summed E-state index contributed by atoms with van der Waals surface area (Å²) in [5.74, 6) is 0.313. The number of nitrogens with zero attached hydrogens (tertiary/aromatic N) is 2. The third-order valence-corrected chi connectivity index (χ3v) is 4.04. The van der Waals surface area contributed by atoms with Crippen LogP contribution in [0, 0.1) is 5.92 Å². The molecule has 4 heteroatoms. The van der Waals surface area contributed by atoms with Crippen molar-refractivity contribution in [1.82, 2.24) is 9.78 Å². The summed E-state index contributed by atoms with van der Waals surface area (Å²) in [4.78, 5) is 12.1. The molecule has 2 N–H and O–H groups in total. The highest BCUT2D eigenvalue weighted by Gasteiger charge is 2.30. The monoisotopic (exact) mass is 249 g/mol. The van der Waals surface area contributed by atoms with E-state index < -0.39 is 0 Å². The quantitative estimate of drug-likeness (QED) is 0.869. The van der Waals surface area contributed by atoms with Crippen molar-refractivity contribution in [2.75, 3.05) is 0 Å². The number of nitrogens with two attached hydrogens (primary N) is 1. The summed E-state index contributed by atoms with van der Waals surface area (Å²) in [5.41, 5.74) is 6.84. The topological polar surface area (TPSA) is 60.9 Å². The molecule has 2 rings (SSSR count). The summed E-state index contributed by atoms with van der Waals surface area (Å²) in [7, 11) is 0. The standard InChI is InChI=1S/C14H23N3O/c1-3-10(2)17-8-7-11(16-17)9-14(18)12-5-4-6-13(12)15/h7-8,10,12-13H,3-6,9,15H2,1-2H3. The maximum atomic E-state index is 12.1. The molecule has 4 nitrogen and oxygen atoms in total. The minimum absolute atomic E-state index is 0.0544. The first kappa shape index (κ1) is 13.3. The van der Waals surface area contributed by atoms with Crippen LogP contribution in [0.2, 0.25) is 0 Å². The van der Waals surface area contributed by atoms with E-state index in [0.717, 1.165) is 31.4 Å². The lowest BCUT2D eigenvalue weighted by molar-refractivity contribution is -0.122. The third kappa shape index (κ3) is 2.80. The Hall–Kier alpha value is -1.16. The highest BCUT2D eigenvalue weighted by molar-refractivity contribution is 5.83. The lowest BCUT2D eigenvalue weighted by Gasteiger charge is -2.13. The van der Waals surface area contributed by atoms with Crippen molar-refractivity contribution in [3.63, 3.8) is 0 Å². The number of ketones is 1. The van der Waals surface area contributed by atoms with E-state index in [2.05, 4.69) is 18.9 Å². The number of hydrogen-bond acceptors (Lipinski definition) is 3. The highest BCUT2D eigenvalue weighted by atomic mass is 16.1. The van der Waals surface area contributed by atoms with Crippen LogP contribution in [0.1, 0.15) is 51.3 Å². The molecule has 0 aliphatic heterocycles. The molecule has 1 aliphatic rings. The Bertz CT molecular complexity index is 413. The van der Waals surface area contributed by atoms with Gasteiger partial charge in [-0.1, -0.05) is 13.3 Å². The first-order valence-electron chi connectivity index (χ1n) is 6.94. The Morgan fingerprint density at radius 1 is 1.61 bits per heavy atom. The van der Waals surface area contributed by atoms with Gasteiger partial charge < -0.3 is 5.73 Å². The minimum atomic E-state index is 0.0544. The molecule has 100 valence electrons. The number of carbonyl (C=O) groups excluding carboxylic acids is 1. The Labute approximate surface area is 109 Å². The van der Waals surface area contributed by atoms with Gasteiger partial charge in [0.05, 0.1) is 12.1 Å². The van der Waals surface area contributed by atoms with Gasteiger partial charge >= 0.3 is 0 Å². The van der Waals surface area contributed by atoms with E-state index in [0.29, 0.717) is 12.5 Å². The van der Waals surface area contributed by atoms with E-state index in [4.69, 9.17) is 5.73 Å². The predicted octanol–water partition coefficient (Wildman–Crippen LogP) is 2.09. The summed E-state index contributed by atoms with van der Waals surface area (Å²) in [6.07, 6.45) is 6.46. The second kappa shape index (κ2) is 5.65. The average Bonchev–Trinajstić information content (AvgIpc) is 2.97. The van der Waals surface area contributed by atoms with Crippen molar-refractivity contribution in [3.8, 4) is 0 Å². The first-order chi connectivity index (χ1) is 8.61. The summed E-state index contributed by atoms with van der Waals surface area (Å²) in [5, 5.41) is 4.47. The molecule has 0 aromatic carbocycles. The molecule has 1 aliphatic carbocycles. The molecule has 0 radical (unpaired) electrons. The number of aromatic nitrogens is 2. The van der Waals surface area contributed by atoms with E-state index in [9.17, 15) is 4.79 Å². The predicted molar refractivity (Wildman–Crippen MR) is 71.3 cm³/mol. The van der Waals surface area contributed by atoms with Crippen molar-refractivity contribution < 1.29 is 4.79 Å². The van der Waals surface area contributed by atoms with Gasteiger partial charge in [-0.25, -0.2) is 0 Å². The van der Waals surface area contributed by atoms with Crippen LogP contribution in [0.4, 0.5) is 0 Å². The summed E-state index contributed by atoms with van der Waals surface area (Å²) < 4.78 is 1.94. The maximum absolute atomic E-state index is 12.1. The fourth-order valence-corrected chi connectivity index (χ4v) is 2.60. The van der Waals surface area contributed by atoms with Crippen LogP contribution in [0.15, 0.2) is 12.3 Å². The molecule has 3 atom stereocenters. The minimum Gasteiger partial charge on any atom is -0.327 e. The van der Waals surface area contributed by atoms with Crippen LogP contribution < -0.4 is 5.73 Å². The van der Waals surface area contributed by atoms with Gasteiger partial charge in [-0.05, 0) is 32.3 Å². The maximum Gasteiger partial charge on any atom is 0.143 e. The number of Topliss-reactive ketones (excluding diaryl/α,β-unsaturated/α-hetero) is 1. The van der Waals surface area contributed by atoms with E-state index >= 15 is 0 Å². The van der Waals surface area contributed by atoms with E-state index in [1.807, 2.05) is 16.9 Å². The second-order valence-corrected chi connectivity index (χ2v) is 5.39. The van der Waals surface area contributed by atoms with Crippen LogP contribution >= 0.6 is 0 Å². The molecule has 1 aromatic heterocycles. The van der Waals surface area contributed by atoms with Gasteiger partial charge in [0, 0.05) is 24.2 Å². The largest absolute Gasteiger partial charge is 0.327 e. The Kier molecular flexibility index (Phi) is 4.17. The number of carbonyl (C=O) groups is 1. The zero-order chi connectivity index (χ0) is 13.1. The fourth-order valence-electron chi connectivity index (χ4n) is 2.60. The van der Waals surface area contributed by atoms with Crippen molar-refractivity contribution in [1.29, 1.82) is 0 Å². The lowest BCUT2D eigenvalue weighted by atomic mass is 9.96. The van der Waals surface area contributed by atoms with Crippen molar-refractivity contribution in [2.24, 2.45) is 11.7 Å². The van der Waals surface area contributed by atoms with E-state index in [-0.39, 0.29) is 17.7 Å². The van der Waals surface area contributed by atoms with Crippen LogP contribution in [-0.2, 0) is 11.2 Å². The molecule has 0 bridgehead atoms. The van der Waals surface area contributed by atoms with Gasteiger partial charge in [0.15, 0.2) is 0 Å². The molecule has 3 unspecified atom stereocenters.